The Kier molecular flexibility index (Phi) is 4.79. The summed E-state index contributed by atoms with van der Waals surface area (Å²) < 4.78 is 6.08. The van der Waals surface area contributed by atoms with Gasteiger partial charge in [-0.25, -0.2) is 0 Å². The lowest BCUT2D eigenvalue weighted by Gasteiger charge is -2.41. The Balaban J connectivity index is 1.96. The molecule has 17 heavy (non-hydrogen) atoms. The first-order valence-electron chi connectivity index (χ1n) is 7.18. The summed E-state index contributed by atoms with van der Waals surface area (Å²) in [7, 11) is 0. The SMILES string of the molecule is CCC(CC)C(N)C1CCOC2(CCSC2)C1. The summed E-state index contributed by atoms with van der Waals surface area (Å²) in [4.78, 5) is 0. The van der Waals surface area contributed by atoms with E-state index < -0.39 is 0 Å². The van der Waals surface area contributed by atoms with E-state index in [0.717, 1.165) is 6.61 Å². The van der Waals surface area contributed by atoms with Crippen LogP contribution in [0.15, 0.2) is 0 Å². The van der Waals surface area contributed by atoms with Gasteiger partial charge in [-0.3, -0.25) is 0 Å². The first-order chi connectivity index (χ1) is 8.21. The Morgan fingerprint density at radius 1 is 1.41 bits per heavy atom. The van der Waals surface area contributed by atoms with Crippen LogP contribution in [0, 0.1) is 11.8 Å². The predicted molar refractivity (Wildman–Crippen MR) is 75.4 cm³/mol. The fourth-order valence-corrected chi connectivity index (χ4v) is 4.85. The van der Waals surface area contributed by atoms with E-state index in [1.54, 1.807) is 0 Å². The van der Waals surface area contributed by atoms with Gasteiger partial charge in [0.15, 0.2) is 0 Å². The number of hydrogen-bond acceptors (Lipinski definition) is 3. The van der Waals surface area contributed by atoms with Crippen molar-refractivity contribution in [3.05, 3.63) is 0 Å². The van der Waals surface area contributed by atoms with Crippen molar-refractivity contribution in [1.82, 2.24) is 0 Å². The highest BCUT2D eigenvalue weighted by Crippen LogP contribution is 2.42. The first kappa shape index (κ1) is 13.7. The number of thioether (sulfide) groups is 1. The van der Waals surface area contributed by atoms with Crippen molar-refractivity contribution < 1.29 is 4.74 Å². The van der Waals surface area contributed by atoms with Crippen molar-refractivity contribution in [2.75, 3.05) is 18.1 Å². The minimum absolute atomic E-state index is 0.192. The van der Waals surface area contributed by atoms with Gasteiger partial charge in [-0.05, 0) is 36.9 Å². The molecule has 0 radical (unpaired) electrons. The summed E-state index contributed by atoms with van der Waals surface area (Å²) in [6, 6.07) is 0.386. The topological polar surface area (TPSA) is 35.2 Å². The number of rotatable bonds is 4. The molecule has 0 aromatic carbocycles. The van der Waals surface area contributed by atoms with Gasteiger partial charge in [-0.2, -0.15) is 11.8 Å². The van der Waals surface area contributed by atoms with Gasteiger partial charge in [0.1, 0.15) is 0 Å². The Labute approximate surface area is 110 Å². The van der Waals surface area contributed by atoms with Crippen molar-refractivity contribution in [2.45, 2.75) is 57.6 Å². The molecule has 0 aromatic rings. The summed E-state index contributed by atoms with van der Waals surface area (Å²) in [6.45, 7) is 5.47. The second-order valence-corrected chi connectivity index (χ2v) is 6.85. The molecule has 2 N–H and O–H groups in total. The molecule has 0 aromatic heterocycles. The van der Waals surface area contributed by atoms with Crippen LogP contribution < -0.4 is 5.73 Å². The van der Waals surface area contributed by atoms with Crippen molar-refractivity contribution in [1.29, 1.82) is 0 Å². The van der Waals surface area contributed by atoms with Crippen LogP contribution in [-0.2, 0) is 4.74 Å². The monoisotopic (exact) mass is 257 g/mol. The highest BCUT2D eigenvalue weighted by Gasteiger charge is 2.42. The molecule has 2 heterocycles. The van der Waals surface area contributed by atoms with Crippen LogP contribution in [0.3, 0.4) is 0 Å². The molecule has 2 fully saturated rings. The highest BCUT2D eigenvalue weighted by molar-refractivity contribution is 7.99. The van der Waals surface area contributed by atoms with Crippen LogP contribution in [0.2, 0.25) is 0 Å². The Morgan fingerprint density at radius 2 is 2.18 bits per heavy atom. The molecule has 2 aliphatic heterocycles. The number of ether oxygens (including phenoxy) is 1. The van der Waals surface area contributed by atoms with E-state index >= 15 is 0 Å². The smallest absolute Gasteiger partial charge is 0.0783 e. The average Bonchev–Trinajstić information content (AvgIpc) is 2.78. The summed E-state index contributed by atoms with van der Waals surface area (Å²) in [5, 5.41) is 0. The van der Waals surface area contributed by atoms with Crippen LogP contribution in [0.5, 0.6) is 0 Å². The van der Waals surface area contributed by atoms with Gasteiger partial charge < -0.3 is 10.5 Å². The lowest BCUT2D eigenvalue weighted by Crippen LogP contribution is -2.47. The lowest BCUT2D eigenvalue weighted by atomic mass is 9.76. The van der Waals surface area contributed by atoms with E-state index in [1.807, 2.05) is 11.8 Å². The molecule has 0 saturated carbocycles. The minimum atomic E-state index is 0.192. The minimum Gasteiger partial charge on any atom is -0.374 e. The Bertz CT molecular complexity index is 236. The van der Waals surface area contributed by atoms with Gasteiger partial charge in [-0.15, -0.1) is 0 Å². The molecule has 2 rings (SSSR count). The van der Waals surface area contributed by atoms with Crippen molar-refractivity contribution in [3.63, 3.8) is 0 Å². The normalized spacial score (nSPS) is 35.6. The maximum absolute atomic E-state index is 6.50. The van der Waals surface area contributed by atoms with E-state index in [2.05, 4.69) is 13.8 Å². The third kappa shape index (κ3) is 2.99. The van der Waals surface area contributed by atoms with E-state index in [0.29, 0.717) is 17.9 Å². The molecule has 3 unspecified atom stereocenters. The Hall–Kier alpha value is 0.270. The van der Waals surface area contributed by atoms with Crippen LogP contribution in [0.1, 0.15) is 46.0 Å². The van der Waals surface area contributed by atoms with Gasteiger partial charge in [-0.1, -0.05) is 26.7 Å². The van der Waals surface area contributed by atoms with E-state index in [4.69, 9.17) is 10.5 Å². The molecule has 2 nitrogen and oxygen atoms in total. The van der Waals surface area contributed by atoms with Crippen LogP contribution >= 0.6 is 11.8 Å². The van der Waals surface area contributed by atoms with Gasteiger partial charge >= 0.3 is 0 Å². The largest absolute Gasteiger partial charge is 0.374 e. The fourth-order valence-electron chi connectivity index (χ4n) is 3.48. The zero-order valence-electron chi connectivity index (χ0n) is 11.3. The third-order valence-electron chi connectivity index (χ3n) is 4.74. The predicted octanol–water partition coefficient (Wildman–Crippen LogP) is 3.05. The zero-order valence-corrected chi connectivity index (χ0v) is 12.1. The van der Waals surface area contributed by atoms with Gasteiger partial charge in [0, 0.05) is 18.4 Å². The molecule has 3 atom stereocenters. The summed E-state index contributed by atoms with van der Waals surface area (Å²) >= 11 is 2.05. The molecule has 2 saturated heterocycles. The van der Waals surface area contributed by atoms with Gasteiger partial charge in [0.25, 0.3) is 0 Å². The quantitative estimate of drug-likeness (QED) is 0.840. The highest BCUT2D eigenvalue weighted by atomic mass is 32.2. The standard InChI is InChI=1S/C14H27NOS/c1-3-11(4-2)13(15)12-5-7-16-14(9-12)6-8-17-10-14/h11-13H,3-10,15H2,1-2H3. The maximum atomic E-state index is 6.50. The van der Waals surface area contributed by atoms with E-state index in [-0.39, 0.29) is 5.60 Å². The molecule has 2 aliphatic rings. The van der Waals surface area contributed by atoms with Crippen LogP contribution in [0.4, 0.5) is 0 Å². The molecule has 3 heteroatoms. The van der Waals surface area contributed by atoms with E-state index in [1.165, 1.54) is 43.6 Å². The molecule has 0 aliphatic carbocycles. The molecular formula is C14H27NOS. The van der Waals surface area contributed by atoms with Gasteiger partial charge in [0.2, 0.25) is 0 Å². The van der Waals surface area contributed by atoms with Crippen molar-refractivity contribution >= 4 is 11.8 Å². The summed E-state index contributed by atoms with van der Waals surface area (Å²) in [6.07, 6.45) is 6.05. The molecule has 0 bridgehead atoms. The zero-order chi connectivity index (χ0) is 12.3. The van der Waals surface area contributed by atoms with E-state index in [9.17, 15) is 0 Å². The second kappa shape index (κ2) is 5.94. The van der Waals surface area contributed by atoms with Crippen LogP contribution in [-0.4, -0.2) is 29.8 Å². The fraction of sp³-hybridized carbons (Fsp3) is 1.00. The summed E-state index contributed by atoms with van der Waals surface area (Å²) in [5.74, 6) is 3.85. The van der Waals surface area contributed by atoms with Crippen LogP contribution in [0.25, 0.3) is 0 Å². The molecule has 0 amide bonds. The average molecular weight is 257 g/mol. The lowest BCUT2D eigenvalue weighted by molar-refractivity contribution is -0.0861. The number of hydrogen-bond donors (Lipinski definition) is 1. The molecular weight excluding hydrogens is 230 g/mol. The summed E-state index contributed by atoms with van der Waals surface area (Å²) in [5.41, 5.74) is 6.69. The van der Waals surface area contributed by atoms with Crippen molar-refractivity contribution in [2.24, 2.45) is 17.6 Å². The second-order valence-electron chi connectivity index (χ2n) is 5.74. The Morgan fingerprint density at radius 3 is 2.76 bits per heavy atom. The molecule has 100 valence electrons. The molecule has 1 spiro atoms. The first-order valence-corrected chi connectivity index (χ1v) is 8.33. The van der Waals surface area contributed by atoms with Crippen molar-refractivity contribution in [3.8, 4) is 0 Å². The number of nitrogens with two attached hydrogens (primary N) is 1. The van der Waals surface area contributed by atoms with Gasteiger partial charge in [0.05, 0.1) is 5.60 Å². The third-order valence-corrected chi connectivity index (χ3v) is 5.96. The maximum Gasteiger partial charge on any atom is 0.0783 e.